The van der Waals surface area contributed by atoms with Crippen LogP contribution in [0, 0.1) is 0 Å². The summed E-state index contributed by atoms with van der Waals surface area (Å²) < 4.78 is 12.0. The van der Waals surface area contributed by atoms with Gasteiger partial charge in [0, 0.05) is 35.9 Å². The Balaban J connectivity index is 1.49. The van der Waals surface area contributed by atoms with Crippen molar-refractivity contribution in [3.63, 3.8) is 0 Å². The van der Waals surface area contributed by atoms with E-state index in [1.807, 2.05) is 35.2 Å². The van der Waals surface area contributed by atoms with Crippen LogP contribution < -0.4 is 14.4 Å². The minimum atomic E-state index is -0.322. The topological polar surface area (TPSA) is 45.3 Å². The standard InChI is InChI=1S/C35H44ClN3O3/c1-7-23(2)42-33-22-31-27(20-32(33)41-6)21-34(40)39(35(31)26-8-12-28(36)13-9-26)30-14-10-25(11-15-30)24(3)38-18-16-29(17-19-38)37(4)5/h8-15,20,22-24,29,35H,7,16-19,21H2,1-6H3/t23?,24-,35+/m1/s1. The molecule has 1 unspecified atom stereocenters. The number of rotatable bonds is 9. The first-order valence-electron chi connectivity index (χ1n) is 15.2. The molecule has 2 heterocycles. The number of hydrogen-bond donors (Lipinski definition) is 0. The van der Waals surface area contributed by atoms with E-state index in [4.69, 9.17) is 21.1 Å². The molecule has 0 saturated carbocycles. The predicted octanol–water partition coefficient (Wildman–Crippen LogP) is 7.29. The van der Waals surface area contributed by atoms with Crippen molar-refractivity contribution in [2.45, 2.75) is 70.7 Å². The Morgan fingerprint density at radius 1 is 0.976 bits per heavy atom. The molecule has 7 heteroatoms. The van der Waals surface area contributed by atoms with Crippen LogP contribution in [-0.2, 0) is 11.2 Å². The summed E-state index contributed by atoms with van der Waals surface area (Å²) in [5, 5.41) is 0.663. The lowest BCUT2D eigenvalue weighted by molar-refractivity contribution is -0.118. The van der Waals surface area contributed by atoms with Gasteiger partial charge < -0.3 is 19.3 Å². The Labute approximate surface area is 256 Å². The van der Waals surface area contributed by atoms with Crippen molar-refractivity contribution in [2.75, 3.05) is 39.2 Å². The third-order valence-electron chi connectivity index (χ3n) is 9.11. The van der Waals surface area contributed by atoms with E-state index >= 15 is 0 Å². The fourth-order valence-electron chi connectivity index (χ4n) is 6.29. The largest absolute Gasteiger partial charge is 0.493 e. The summed E-state index contributed by atoms with van der Waals surface area (Å²) in [7, 11) is 6.00. The second-order valence-corrected chi connectivity index (χ2v) is 12.4. The van der Waals surface area contributed by atoms with Crippen LogP contribution in [0.3, 0.4) is 0 Å². The van der Waals surface area contributed by atoms with Gasteiger partial charge in [-0.15, -0.1) is 0 Å². The van der Waals surface area contributed by atoms with E-state index in [-0.39, 0.29) is 18.1 Å². The fraction of sp³-hybridized carbons (Fsp3) is 0.457. The Hall–Kier alpha value is -3.06. The summed E-state index contributed by atoms with van der Waals surface area (Å²) in [5.74, 6) is 1.39. The highest BCUT2D eigenvalue weighted by molar-refractivity contribution is 6.30. The van der Waals surface area contributed by atoms with Crippen LogP contribution in [0.25, 0.3) is 0 Å². The van der Waals surface area contributed by atoms with E-state index < -0.39 is 0 Å². The molecule has 3 aromatic rings. The molecule has 6 nitrogen and oxygen atoms in total. The number of hydrogen-bond acceptors (Lipinski definition) is 5. The third-order valence-corrected chi connectivity index (χ3v) is 9.36. The number of halogens is 1. The molecule has 0 radical (unpaired) electrons. The lowest BCUT2D eigenvalue weighted by Gasteiger charge is -2.39. The summed E-state index contributed by atoms with van der Waals surface area (Å²) in [6.07, 6.45) is 3.58. The molecule has 0 N–H and O–H groups in total. The van der Waals surface area contributed by atoms with Gasteiger partial charge in [0.2, 0.25) is 5.91 Å². The highest BCUT2D eigenvalue weighted by Gasteiger charge is 2.36. The quantitative estimate of drug-likeness (QED) is 0.262. The van der Waals surface area contributed by atoms with Gasteiger partial charge in [0.25, 0.3) is 0 Å². The summed E-state index contributed by atoms with van der Waals surface area (Å²) in [6, 6.07) is 21.1. The van der Waals surface area contributed by atoms with Crippen molar-refractivity contribution in [1.29, 1.82) is 0 Å². The van der Waals surface area contributed by atoms with Crippen LogP contribution in [-0.4, -0.2) is 62.1 Å². The van der Waals surface area contributed by atoms with Crippen molar-refractivity contribution in [1.82, 2.24) is 9.80 Å². The van der Waals surface area contributed by atoms with Gasteiger partial charge in [-0.1, -0.05) is 42.8 Å². The number of nitrogens with zero attached hydrogens (tertiary/aromatic N) is 3. The van der Waals surface area contributed by atoms with Gasteiger partial charge in [0.05, 0.1) is 25.7 Å². The highest BCUT2D eigenvalue weighted by atomic mass is 35.5. The predicted molar refractivity (Wildman–Crippen MR) is 171 cm³/mol. The third kappa shape index (κ3) is 6.31. The van der Waals surface area contributed by atoms with Gasteiger partial charge in [-0.3, -0.25) is 9.69 Å². The first kappa shape index (κ1) is 30.4. The van der Waals surface area contributed by atoms with Crippen LogP contribution in [0.4, 0.5) is 5.69 Å². The van der Waals surface area contributed by atoms with Crippen LogP contribution in [0.2, 0.25) is 5.02 Å². The van der Waals surface area contributed by atoms with Gasteiger partial charge in [0.1, 0.15) is 0 Å². The molecule has 1 fully saturated rings. The lowest BCUT2D eigenvalue weighted by atomic mass is 9.86. The molecule has 0 aromatic heterocycles. The Morgan fingerprint density at radius 3 is 2.24 bits per heavy atom. The number of benzene rings is 3. The number of carbonyl (C=O) groups is 1. The van der Waals surface area contributed by atoms with Gasteiger partial charge >= 0.3 is 0 Å². The molecule has 3 atom stereocenters. The Morgan fingerprint density at radius 2 is 1.64 bits per heavy atom. The molecule has 5 rings (SSSR count). The number of piperidine rings is 1. The zero-order chi connectivity index (χ0) is 30.0. The molecule has 224 valence electrons. The maximum absolute atomic E-state index is 13.9. The highest BCUT2D eigenvalue weighted by Crippen LogP contribution is 2.44. The second-order valence-electron chi connectivity index (χ2n) is 11.9. The average molecular weight is 590 g/mol. The molecule has 2 aliphatic rings. The summed E-state index contributed by atoms with van der Waals surface area (Å²) in [5.41, 5.74) is 5.14. The number of likely N-dealkylation sites (tertiary alicyclic amines) is 1. The molecular formula is C35H44ClN3O3. The molecular weight excluding hydrogens is 546 g/mol. The molecule has 0 aliphatic carbocycles. The maximum Gasteiger partial charge on any atom is 0.232 e. The number of amides is 1. The van der Waals surface area contributed by atoms with E-state index in [1.54, 1.807) is 7.11 Å². The smallest absolute Gasteiger partial charge is 0.232 e. The molecule has 1 amide bonds. The van der Waals surface area contributed by atoms with Crippen LogP contribution in [0.5, 0.6) is 11.5 Å². The van der Waals surface area contributed by atoms with E-state index in [1.165, 1.54) is 18.4 Å². The zero-order valence-electron chi connectivity index (χ0n) is 25.8. The Bertz CT molecular complexity index is 1370. The number of methoxy groups -OCH3 is 1. The first-order chi connectivity index (χ1) is 20.2. The van der Waals surface area contributed by atoms with Crippen LogP contribution in [0.15, 0.2) is 60.7 Å². The van der Waals surface area contributed by atoms with Gasteiger partial charge in [-0.25, -0.2) is 0 Å². The minimum Gasteiger partial charge on any atom is -0.493 e. The van der Waals surface area contributed by atoms with E-state index in [0.717, 1.165) is 41.9 Å². The van der Waals surface area contributed by atoms with E-state index in [0.29, 0.717) is 35.0 Å². The SMILES string of the molecule is CCC(C)Oc1cc2c(cc1OC)CC(=O)N(c1ccc([C@@H](C)N3CCC(N(C)C)CC3)cc1)[C@H]2c1ccc(Cl)cc1. The maximum atomic E-state index is 13.9. The second kappa shape index (κ2) is 13.1. The van der Waals surface area contributed by atoms with Gasteiger partial charge in [0.15, 0.2) is 11.5 Å². The molecule has 2 aliphatic heterocycles. The number of carbonyl (C=O) groups excluding carboxylic acids is 1. The van der Waals surface area contributed by atoms with Gasteiger partial charge in [-0.2, -0.15) is 0 Å². The number of fused-ring (bicyclic) bond motifs is 1. The van der Waals surface area contributed by atoms with Gasteiger partial charge in [-0.05, 0) is 106 Å². The Kier molecular flexibility index (Phi) is 9.46. The summed E-state index contributed by atoms with van der Waals surface area (Å²) in [4.78, 5) is 20.7. The van der Waals surface area contributed by atoms with Crippen LogP contribution >= 0.6 is 11.6 Å². The van der Waals surface area contributed by atoms with Crippen molar-refractivity contribution in [2.24, 2.45) is 0 Å². The monoisotopic (exact) mass is 589 g/mol. The lowest BCUT2D eigenvalue weighted by Crippen LogP contribution is -2.42. The first-order valence-corrected chi connectivity index (χ1v) is 15.5. The molecule has 1 saturated heterocycles. The fourth-order valence-corrected chi connectivity index (χ4v) is 6.41. The normalized spacial score (nSPS) is 19.5. The van der Waals surface area contributed by atoms with Crippen LogP contribution in [0.1, 0.15) is 74.4 Å². The number of anilines is 1. The molecule has 42 heavy (non-hydrogen) atoms. The molecule has 0 spiro atoms. The average Bonchev–Trinajstić information content (AvgIpc) is 3.00. The minimum absolute atomic E-state index is 0.0375. The summed E-state index contributed by atoms with van der Waals surface area (Å²) in [6.45, 7) is 8.63. The van der Waals surface area contributed by atoms with Crippen molar-refractivity contribution in [3.8, 4) is 11.5 Å². The van der Waals surface area contributed by atoms with Crippen molar-refractivity contribution < 1.29 is 14.3 Å². The summed E-state index contributed by atoms with van der Waals surface area (Å²) >= 11 is 6.28. The van der Waals surface area contributed by atoms with Crippen molar-refractivity contribution >= 4 is 23.2 Å². The van der Waals surface area contributed by atoms with Crippen molar-refractivity contribution in [3.05, 3.63) is 87.9 Å². The number of ether oxygens (including phenoxy) is 2. The van der Waals surface area contributed by atoms with E-state index in [2.05, 4.69) is 75.0 Å². The zero-order valence-corrected chi connectivity index (χ0v) is 26.5. The molecule has 3 aromatic carbocycles. The van der Waals surface area contributed by atoms with E-state index in [9.17, 15) is 4.79 Å². The molecule has 0 bridgehead atoms.